The average molecular weight is 285 g/mol. The van der Waals surface area contributed by atoms with Crippen molar-refractivity contribution in [1.29, 1.82) is 0 Å². The van der Waals surface area contributed by atoms with Crippen LogP contribution in [0.5, 0.6) is 0 Å². The summed E-state index contributed by atoms with van der Waals surface area (Å²) >= 11 is 5.76. The monoisotopic (exact) mass is 284 g/mol. The van der Waals surface area contributed by atoms with E-state index in [2.05, 4.69) is 5.32 Å². The molecule has 1 aromatic rings. The molecule has 0 aromatic heterocycles. The van der Waals surface area contributed by atoms with E-state index in [9.17, 15) is 14.9 Å². The lowest BCUT2D eigenvalue weighted by molar-refractivity contribution is -0.385. The van der Waals surface area contributed by atoms with Crippen molar-refractivity contribution in [2.75, 3.05) is 19.8 Å². The number of nitro groups is 1. The van der Waals surface area contributed by atoms with Gasteiger partial charge in [-0.15, -0.1) is 0 Å². The molecule has 0 saturated carbocycles. The smallest absolute Gasteiger partial charge is 0.300 e. The van der Waals surface area contributed by atoms with Crippen molar-refractivity contribution < 1.29 is 14.5 Å². The number of hydrogen-bond donors (Lipinski definition) is 1. The largest absolute Gasteiger partial charge is 0.380 e. The zero-order valence-corrected chi connectivity index (χ0v) is 11.1. The van der Waals surface area contributed by atoms with Crippen LogP contribution in [0, 0.1) is 15.5 Å². The van der Waals surface area contributed by atoms with Crippen molar-refractivity contribution in [2.24, 2.45) is 5.41 Å². The predicted molar refractivity (Wildman–Crippen MR) is 69.4 cm³/mol. The quantitative estimate of drug-likeness (QED) is 0.677. The van der Waals surface area contributed by atoms with Gasteiger partial charge in [0.2, 0.25) is 0 Å². The molecule has 0 radical (unpaired) electrons. The first-order chi connectivity index (χ1) is 8.93. The number of nitro benzene ring substituents is 1. The molecule has 1 heterocycles. The third kappa shape index (κ3) is 2.85. The lowest BCUT2D eigenvalue weighted by Crippen LogP contribution is -2.48. The van der Waals surface area contributed by atoms with Crippen LogP contribution < -0.4 is 5.32 Å². The van der Waals surface area contributed by atoms with Gasteiger partial charge in [-0.05, 0) is 12.1 Å². The van der Waals surface area contributed by atoms with Crippen LogP contribution in [-0.4, -0.2) is 30.6 Å². The topological polar surface area (TPSA) is 81.5 Å². The average Bonchev–Trinajstić information content (AvgIpc) is 2.32. The number of hydrogen-bond acceptors (Lipinski definition) is 4. The van der Waals surface area contributed by atoms with Gasteiger partial charge in [0.1, 0.15) is 10.6 Å². The fourth-order valence-corrected chi connectivity index (χ4v) is 2.07. The summed E-state index contributed by atoms with van der Waals surface area (Å²) in [5.41, 5.74) is -0.485. The number of nitrogens with one attached hydrogen (secondary N) is 1. The SMILES string of the molecule is CC1(CNC(=O)c2cccc(Cl)c2[N+](=O)[O-])COC1. The number of carbonyl (C=O) groups is 1. The first kappa shape index (κ1) is 13.8. The van der Waals surface area contributed by atoms with E-state index in [1.54, 1.807) is 0 Å². The van der Waals surface area contributed by atoms with Crippen molar-refractivity contribution in [2.45, 2.75) is 6.92 Å². The summed E-state index contributed by atoms with van der Waals surface area (Å²) in [5.74, 6) is -0.498. The number of nitrogens with zero attached hydrogens (tertiary/aromatic N) is 1. The van der Waals surface area contributed by atoms with E-state index in [0.717, 1.165) is 0 Å². The minimum Gasteiger partial charge on any atom is -0.380 e. The molecule has 0 spiro atoms. The first-order valence-electron chi connectivity index (χ1n) is 5.72. The molecule has 6 nitrogen and oxygen atoms in total. The number of amides is 1. The lowest BCUT2D eigenvalue weighted by atomic mass is 9.88. The van der Waals surface area contributed by atoms with Crippen molar-refractivity contribution in [3.63, 3.8) is 0 Å². The summed E-state index contributed by atoms with van der Waals surface area (Å²) in [6, 6.07) is 4.29. The minimum absolute atomic E-state index is 0.0265. The summed E-state index contributed by atoms with van der Waals surface area (Å²) in [7, 11) is 0. The molecule has 1 aromatic carbocycles. The van der Waals surface area contributed by atoms with Crippen LogP contribution >= 0.6 is 11.6 Å². The highest BCUT2D eigenvalue weighted by Crippen LogP contribution is 2.29. The van der Waals surface area contributed by atoms with E-state index >= 15 is 0 Å². The number of ether oxygens (including phenoxy) is 1. The number of para-hydroxylation sites is 1. The van der Waals surface area contributed by atoms with Crippen molar-refractivity contribution in [3.8, 4) is 0 Å². The Morgan fingerprint density at radius 2 is 2.26 bits per heavy atom. The molecule has 1 saturated heterocycles. The molecule has 1 fully saturated rings. The van der Waals surface area contributed by atoms with Crippen molar-refractivity contribution in [1.82, 2.24) is 5.32 Å². The van der Waals surface area contributed by atoms with E-state index in [-0.39, 0.29) is 21.7 Å². The molecule has 0 unspecified atom stereocenters. The molecule has 0 aliphatic carbocycles. The maximum Gasteiger partial charge on any atom is 0.300 e. The summed E-state index contributed by atoms with van der Waals surface area (Å²) in [4.78, 5) is 22.3. The lowest BCUT2D eigenvalue weighted by Gasteiger charge is -2.37. The molecule has 7 heteroatoms. The second kappa shape index (κ2) is 5.14. The molecule has 1 N–H and O–H groups in total. The number of benzene rings is 1. The Morgan fingerprint density at radius 3 is 2.79 bits per heavy atom. The van der Waals surface area contributed by atoms with Crippen LogP contribution in [0.4, 0.5) is 5.69 Å². The van der Waals surface area contributed by atoms with Gasteiger partial charge in [-0.1, -0.05) is 24.6 Å². The van der Waals surface area contributed by atoms with E-state index in [1.165, 1.54) is 18.2 Å². The van der Waals surface area contributed by atoms with Crippen LogP contribution in [0.1, 0.15) is 17.3 Å². The Balaban J connectivity index is 2.14. The van der Waals surface area contributed by atoms with Gasteiger partial charge in [0.15, 0.2) is 0 Å². The van der Waals surface area contributed by atoms with Crippen LogP contribution in [0.2, 0.25) is 5.02 Å². The number of rotatable bonds is 4. The van der Waals surface area contributed by atoms with Gasteiger partial charge in [0, 0.05) is 12.0 Å². The second-order valence-corrected chi connectivity index (χ2v) is 5.29. The zero-order chi connectivity index (χ0) is 14.0. The van der Waals surface area contributed by atoms with E-state index < -0.39 is 10.8 Å². The van der Waals surface area contributed by atoms with Gasteiger partial charge in [0.05, 0.1) is 18.1 Å². The molecule has 1 amide bonds. The maximum atomic E-state index is 12.0. The number of halogens is 1. The molecule has 1 aliphatic heterocycles. The van der Waals surface area contributed by atoms with Crippen LogP contribution in [0.3, 0.4) is 0 Å². The highest BCUT2D eigenvalue weighted by molar-refractivity contribution is 6.33. The van der Waals surface area contributed by atoms with Crippen LogP contribution in [-0.2, 0) is 4.74 Å². The van der Waals surface area contributed by atoms with Gasteiger partial charge in [-0.2, -0.15) is 0 Å². The third-order valence-electron chi connectivity index (χ3n) is 2.99. The Morgan fingerprint density at radius 1 is 1.58 bits per heavy atom. The fourth-order valence-electron chi connectivity index (χ4n) is 1.83. The summed E-state index contributed by atoms with van der Waals surface area (Å²) in [6.45, 7) is 3.54. The van der Waals surface area contributed by atoms with E-state index in [0.29, 0.717) is 19.8 Å². The Kier molecular flexibility index (Phi) is 3.73. The summed E-state index contributed by atoms with van der Waals surface area (Å²) < 4.78 is 5.08. The molecule has 0 bridgehead atoms. The molecular formula is C12H13ClN2O4. The zero-order valence-electron chi connectivity index (χ0n) is 10.3. The van der Waals surface area contributed by atoms with Gasteiger partial charge < -0.3 is 10.1 Å². The van der Waals surface area contributed by atoms with Gasteiger partial charge in [-0.3, -0.25) is 14.9 Å². The third-order valence-corrected chi connectivity index (χ3v) is 3.30. The van der Waals surface area contributed by atoms with Gasteiger partial charge in [-0.25, -0.2) is 0 Å². The van der Waals surface area contributed by atoms with Gasteiger partial charge >= 0.3 is 5.69 Å². The van der Waals surface area contributed by atoms with Crippen molar-refractivity contribution >= 4 is 23.2 Å². The van der Waals surface area contributed by atoms with E-state index in [1.807, 2.05) is 6.92 Å². The fraction of sp³-hybridized carbons (Fsp3) is 0.417. The molecular weight excluding hydrogens is 272 g/mol. The van der Waals surface area contributed by atoms with Crippen LogP contribution in [0.15, 0.2) is 18.2 Å². The Bertz CT molecular complexity index is 528. The minimum atomic E-state index is -0.647. The Labute approximate surface area is 114 Å². The van der Waals surface area contributed by atoms with Crippen molar-refractivity contribution in [3.05, 3.63) is 38.9 Å². The molecule has 102 valence electrons. The normalized spacial score (nSPS) is 16.5. The first-order valence-corrected chi connectivity index (χ1v) is 6.10. The molecule has 19 heavy (non-hydrogen) atoms. The van der Waals surface area contributed by atoms with Gasteiger partial charge in [0.25, 0.3) is 5.91 Å². The number of carbonyl (C=O) groups excluding carboxylic acids is 1. The highest BCUT2D eigenvalue weighted by atomic mass is 35.5. The Hall–Kier alpha value is -1.66. The molecule has 0 atom stereocenters. The van der Waals surface area contributed by atoms with Crippen LogP contribution in [0.25, 0.3) is 0 Å². The summed E-state index contributed by atoms with van der Waals surface area (Å²) in [6.07, 6.45) is 0. The molecule has 1 aliphatic rings. The summed E-state index contributed by atoms with van der Waals surface area (Å²) in [5, 5.41) is 13.6. The maximum absolute atomic E-state index is 12.0. The highest BCUT2D eigenvalue weighted by Gasteiger charge is 2.34. The predicted octanol–water partition coefficient (Wildman–Crippen LogP) is 2.01. The molecule has 2 rings (SSSR count). The van der Waals surface area contributed by atoms with E-state index in [4.69, 9.17) is 16.3 Å². The second-order valence-electron chi connectivity index (χ2n) is 4.88. The standard InChI is InChI=1S/C12H13ClN2O4/c1-12(6-19-7-12)5-14-11(16)8-3-2-4-9(13)10(8)15(17)18/h2-4H,5-7H2,1H3,(H,14,16).